The number of aryl methyl sites for hydroxylation is 2. The van der Waals surface area contributed by atoms with E-state index < -0.39 is 12.2 Å². The molecule has 0 saturated carbocycles. The summed E-state index contributed by atoms with van der Waals surface area (Å²) in [5, 5.41) is 3.06. The predicted molar refractivity (Wildman–Crippen MR) is 186 cm³/mol. The van der Waals surface area contributed by atoms with Crippen molar-refractivity contribution >= 4 is 23.7 Å². The lowest BCUT2D eigenvalue weighted by molar-refractivity contribution is -0.143. The highest BCUT2D eigenvalue weighted by molar-refractivity contribution is 5.91. The molecule has 48 heavy (non-hydrogen) atoms. The largest absolute Gasteiger partial charge is 0.496 e. The van der Waals surface area contributed by atoms with Crippen LogP contribution in [0, 0.1) is 13.8 Å². The third kappa shape index (κ3) is 7.73. The number of ether oxygens (including phenoxy) is 2. The minimum absolute atomic E-state index is 0.0342. The molecule has 0 aromatic heterocycles. The van der Waals surface area contributed by atoms with E-state index in [9.17, 15) is 14.4 Å². The lowest BCUT2D eigenvalue weighted by Gasteiger charge is -2.42. The van der Waals surface area contributed by atoms with Gasteiger partial charge in [0.2, 0.25) is 0 Å². The number of benzene rings is 2. The van der Waals surface area contributed by atoms with Crippen molar-refractivity contribution in [2.75, 3.05) is 78.4 Å². The second-order valence-corrected chi connectivity index (χ2v) is 14.0. The number of piperazine rings is 1. The van der Waals surface area contributed by atoms with Crippen LogP contribution in [0.25, 0.3) is 0 Å². The normalized spacial score (nSPS) is 20.9. The van der Waals surface area contributed by atoms with Crippen LogP contribution in [0.3, 0.4) is 0 Å². The molecule has 0 radical (unpaired) electrons. The number of likely N-dealkylation sites (tertiary alicyclic amines) is 2. The van der Waals surface area contributed by atoms with E-state index in [0.29, 0.717) is 58.0 Å². The summed E-state index contributed by atoms with van der Waals surface area (Å²) in [7, 11) is 3.84. The van der Waals surface area contributed by atoms with Crippen molar-refractivity contribution in [3.05, 3.63) is 58.7 Å². The molecule has 1 atom stereocenters. The first-order valence-electron chi connectivity index (χ1n) is 17.7. The molecule has 4 amide bonds. The van der Waals surface area contributed by atoms with E-state index in [-0.39, 0.29) is 18.0 Å². The number of hydrogen-bond acceptors (Lipinski definition) is 7. The number of piperidine rings is 2. The average molecular weight is 661 g/mol. The first-order valence-corrected chi connectivity index (χ1v) is 17.7. The minimum Gasteiger partial charge on any atom is -0.496 e. The number of carbonyl (C=O) groups excluding carboxylic acids is 3. The summed E-state index contributed by atoms with van der Waals surface area (Å²) in [6.45, 7) is 10.7. The Morgan fingerprint density at radius 2 is 1.50 bits per heavy atom. The van der Waals surface area contributed by atoms with Gasteiger partial charge in [0.15, 0.2) is 6.10 Å². The number of fused-ring (bicyclic) bond motifs is 1. The van der Waals surface area contributed by atoms with Crippen LogP contribution in [-0.2, 0) is 22.4 Å². The summed E-state index contributed by atoms with van der Waals surface area (Å²) in [4.78, 5) is 51.3. The van der Waals surface area contributed by atoms with E-state index in [1.165, 1.54) is 0 Å². The Hall–Kier alpha value is -3.83. The first kappa shape index (κ1) is 34.0. The van der Waals surface area contributed by atoms with Crippen molar-refractivity contribution in [1.82, 2.24) is 24.5 Å². The summed E-state index contributed by atoms with van der Waals surface area (Å²) >= 11 is 0. The molecule has 0 spiro atoms. The summed E-state index contributed by atoms with van der Waals surface area (Å²) in [6, 6.07) is 12.5. The molecule has 4 aliphatic rings. The molecule has 4 heterocycles. The van der Waals surface area contributed by atoms with Gasteiger partial charge in [0.05, 0.1) is 7.11 Å². The topological polar surface area (TPSA) is 97.9 Å². The van der Waals surface area contributed by atoms with E-state index in [2.05, 4.69) is 28.2 Å². The molecule has 11 nitrogen and oxygen atoms in total. The Bertz CT molecular complexity index is 1440. The predicted octanol–water partition coefficient (Wildman–Crippen LogP) is 4.15. The van der Waals surface area contributed by atoms with Crippen LogP contribution in [-0.4, -0.2) is 134 Å². The van der Waals surface area contributed by atoms with Gasteiger partial charge in [0.25, 0.3) is 5.91 Å². The monoisotopic (exact) mass is 660 g/mol. The maximum absolute atomic E-state index is 14.1. The third-order valence-electron chi connectivity index (χ3n) is 10.8. The number of anilines is 1. The summed E-state index contributed by atoms with van der Waals surface area (Å²) in [5.41, 5.74) is 4.91. The molecular formula is C37H52N6O5. The zero-order valence-corrected chi connectivity index (χ0v) is 29.1. The second-order valence-electron chi connectivity index (χ2n) is 14.0. The van der Waals surface area contributed by atoms with Gasteiger partial charge in [-0.15, -0.1) is 0 Å². The molecule has 1 unspecified atom stereocenters. The zero-order valence-electron chi connectivity index (χ0n) is 29.1. The van der Waals surface area contributed by atoms with Gasteiger partial charge in [-0.1, -0.05) is 30.3 Å². The van der Waals surface area contributed by atoms with Crippen LogP contribution in [0.15, 0.2) is 36.4 Å². The van der Waals surface area contributed by atoms with Crippen LogP contribution >= 0.6 is 0 Å². The van der Waals surface area contributed by atoms with E-state index in [0.717, 1.165) is 79.1 Å². The van der Waals surface area contributed by atoms with E-state index in [1.807, 2.05) is 54.0 Å². The van der Waals surface area contributed by atoms with Crippen molar-refractivity contribution in [3.8, 4) is 5.75 Å². The maximum atomic E-state index is 14.1. The Morgan fingerprint density at radius 1 is 0.854 bits per heavy atom. The number of rotatable bonds is 7. The van der Waals surface area contributed by atoms with Crippen molar-refractivity contribution in [2.24, 2.45) is 0 Å². The number of urea groups is 1. The number of amides is 4. The van der Waals surface area contributed by atoms with Gasteiger partial charge in [0, 0.05) is 70.0 Å². The Kier molecular flexibility index (Phi) is 10.8. The van der Waals surface area contributed by atoms with Crippen molar-refractivity contribution in [1.29, 1.82) is 0 Å². The number of carbonyl (C=O) groups is 3. The molecule has 0 aliphatic carbocycles. The lowest BCUT2D eigenvalue weighted by atomic mass is 10.00. The Balaban J connectivity index is 1.09. The van der Waals surface area contributed by atoms with Gasteiger partial charge in [-0.2, -0.15) is 0 Å². The van der Waals surface area contributed by atoms with Gasteiger partial charge >= 0.3 is 12.1 Å². The van der Waals surface area contributed by atoms with Gasteiger partial charge in [-0.05, 0) is 94.4 Å². The van der Waals surface area contributed by atoms with Gasteiger partial charge in [-0.3, -0.25) is 9.69 Å². The standard InChI is InChI=1S/C37H52N6O5/c1-26-23-28(24-27(2)34(26)47-4)25-33(35(44)41-21-19-40(20-22-41)30-10-14-39(3)15-11-30)48-37(46)42-16-12-31(13-17-42)43-18-9-29-7-5-6-8-32(29)38-36(43)45/h5-8,23-24,30-31,33H,9-22,25H2,1-4H3,(H,38,45). The number of para-hydroxylation sites is 1. The molecule has 2 aromatic carbocycles. The minimum atomic E-state index is -0.924. The molecule has 11 heteroatoms. The molecule has 0 bridgehead atoms. The van der Waals surface area contributed by atoms with Crippen LogP contribution in [0.1, 0.15) is 47.9 Å². The Morgan fingerprint density at radius 3 is 2.17 bits per heavy atom. The van der Waals surface area contributed by atoms with Gasteiger partial charge in [-0.25, -0.2) is 9.59 Å². The molecule has 2 aromatic rings. The van der Waals surface area contributed by atoms with Gasteiger partial charge in [0.1, 0.15) is 5.75 Å². The highest BCUT2D eigenvalue weighted by Crippen LogP contribution is 2.28. The number of hydrogen-bond donors (Lipinski definition) is 1. The van der Waals surface area contributed by atoms with Crippen molar-refractivity contribution < 1.29 is 23.9 Å². The molecule has 260 valence electrons. The quantitative estimate of drug-likeness (QED) is 0.477. The Labute approximate surface area is 285 Å². The van der Waals surface area contributed by atoms with Crippen LogP contribution in [0.5, 0.6) is 5.75 Å². The summed E-state index contributed by atoms with van der Waals surface area (Å²) < 4.78 is 11.7. The van der Waals surface area contributed by atoms with Crippen molar-refractivity contribution in [3.63, 3.8) is 0 Å². The lowest BCUT2D eigenvalue weighted by Crippen LogP contribution is -2.56. The van der Waals surface area contributed by atoms with E-state index >= 15 is 0 Å². The van der Waals surface area contributed by atoms with Crippen molar-refractivity contribution in [2.45, 2.75) is 70.6 Å². The summed E-state index contributed by atoms with van der Waals surface area (Å²) in [6.07, 6.45) is 3.34. The first-order chi connectivity index (χ1) is 23.2. The maximum Gasteiger partial charge on any atom is 0.410 e. The number of methoxy groups -OCH3 is 1. The average Bonchev–Trinajstić information content (AvgIpc) is 3.26. The molecule has 1 N–H and O–H groups in total. The molecule has 3 fully saturated rings. The molecule has 6 rings (SSSR count). The highest BCUT2D eigenvalue weighted by atomic mass is 16.6. The second kappa shape index (κ2) is 15.2. The fraction of sp³-hybridized carbons (Fsp3) is 0.595. The molecule has 4 aliphatic heterocycles. The van der Waals surface area contributed by atoms with Gasteiger partial charge < -0.3 is 34.4 Å². The summed E-state index contributed by atoms with van der Waals surface area (Å²) in [5.74, 6) is 0.696. The fourth-order valence-corrected chi connectivity index (χ4v) is 8.04. The number of nitrogens with zero attached hydrogens (tertiary/aromatic N) is 5. The van der Waals surface area contributed by atoms with E-state index in [1.54, 1.807) is 12.0 Å². The SMILES string of the molecule is COc1c(C)cc(CC(OC(=O)N2CCC(N3CCc4ccccc4NC3=O)CC2)C(=O)N2CCN(C3CCN(C)CC3)CC2)cc1C. The molecular weight excluding hydrogens is 608 g/mol. The highest BCUT2D eigenvalue weighted by Gasteiger charge is 2.36. The number of nitrogens with one attached hydrogen (secondary N) is 1. The smallest absolute Gasteiger partial charge is 0.410 e. The fourth-order valence-electron chi connectivity index (χ4n) is 8.04. The zero-order chi connectivity index (χ0) is 33.8. The van der Waals surface area contributed by atoms with Crippen LogP contribution < -0.4 is 10.1 Å². The van der Waals surface area contributed by atoms with Crippen LogP contribution in [0.2, 0.25) is 0 Å². The molecule has 3 saturated heterocycles. The third-order valence-corrected chi connectivity index (χ3v) is 10.8. The van der Waals surface area contributed by atoms with Crippen LogP contribution in [0.4, 0.5) is 15.3 Å². The van der Waals surface area contributed by atoms with E-state index in [4.69, 9.17) is 9.47 Å².